The summed E-state index contributed by atoms with van der Waals surface area (Å²) in [5.41, 5.74) is 1.37. The molecule has 0 bridgehead atoms. The molecule has 19 heavy (non-hydrogen) atoms. The second-order valence-corrected chi connectivity index (χ2v) is 7.93. The summed E-state index contributed by atoms with van der Waals surface area (Å²) in [5, 5.41) is 6.99. The van der Waals surface area contributed by atoms with Crippen LogP contribution in [0, 0.1) is 5.92 Å². The maximum Gasteiger partial charge on any atom is 0.107 e. The monoisotopic (exact) mass is 282 g/mol. The molecule has 1 N–H and O–H groups in total. The minimum Gasteiger partial charge on any atom is -0.308 e. The zero-order chi connectivity index (χ0) is 14.5. The molecule has 0 spiro atoms. The van der Waals surface area contributed by atoms with Crippen molar-refractivity contribution in [2.75, 3.05) is 0 Å². The van der Waals surface area contributed by atoms with Crippen LogP contribution in [0.2, 0.25) is 0 Å². The van der Waals surface area contributed by atoms with Gasteiger partial charge < -0.3 is 5.32 Å². The van der Waals surface area contributed by atoms with Crippen molar-refractivity contribution in [3.8, 4) is 0 Å². The van der Waals surface area contributed by atoms with Gasteiger partial charge in [-0.15, -0.1) is 11.3 Å². The first-order valence-electron chi connectivity index (χ1n) is 7.47. The van der Waals surface area contributed by atoms with E-state index in [1.54, 1.807) is 11.3 Å². The molecule has 0 radical (unpaired) electrons. The fraction of sp³-hybridized carbons (Fsp3) is 0.812. The van der Waals surface area contributed by atoms with Gasteiger partial charge in [0.1, 0.15) is 5.01 Å². The molecule has 0 fully saturated rings. The van der Waals surface area contributed by atoms with E-state index in [1.165, 1.54) is 30.0 Å². The van der Waals surface area contributed by atoms with Crippen molar-refractivity contribution < 1.29 is 0 Å². The molecule has 0 aliphatic heterocycles. The lowest BCUT2D eigenvalue weighted by Crippen LogP contribution is -2.25. The predicted octanol–water partition coefficient (Wildman–Crippen LogP) is 4.75. The third-order valence-electron chi connectivity index (χ3n) is 3.34. The first-order chi connectivity index (χ1) is 8.79. The predicted molar refractivity (Wildman–Crippen MR) is 85.8 cm³/mol. The molecule has 0 saturated heterocycles. The molecular formula is C16H30N2S. The van der Waals surface area contributed by atoms with Gasteiger partial charge in [-0.2, -0.15) is 0 Å². The van der Waals surface area contributed by atoms with Crippen LogP contribution in [0.25, 0.3) is 0 Å². The van der Waals surface area contributed by atoms with Crippen LogP contribution >= 0.6 is 11.3 Å². The highest BCUT2D eigenvalue weighted by Gasteiger charge is 2.17. The third kappa shape index (κ3) is 6.53. The Bertz CT molecular complexity index is 363. The van der Waals surface area contributed by atoms with E-state index in [2.05, 4.69) is 52.2 Å². The lowest BCUT2D eigenvalue weighted by Gasteiger charge is -2.15. The molecule has 0 aliphatic rings. The molecule has 3 heteroatoms. The van der Waals surface area contributed by atoms with Crippen LogP contribution in [0.1, 0.15) is 71.5 Å². The smallest absolute Gasteiger partial charge is 0.107 e. The van der Waals surface area contributed by atoms with Crippen molar-refractivity contribution in [1.82, 2.24) is 10.3 Å². The number of nitrogens with one attached hydrogen (secondary N) is 1. The minimum absolute atomic E-state index is 0.164. The van der Waals surface area contributed by atoms with E-state index in [9.17, 15) is 0 Å². The van der Waals surface area contributed by atoms with Crippen LogP contribution in [-0.2, 0) is 12.0 Å². The van der Waals surface area contributed by atoms with Crippen LogP contribution in [-0.4, -0.2) is 11.0 Å². The largest absolute Gasteiger partial charge is 0.308 e. The van der Waals surface area contributed by atoms with E-state index in [4.69, 9.17) is 4.98 Å². The molecule has 1 heterocycles. The normalized spacial score (nSPS) is 14.1. The third-order valence-corrected chi connectivity index (χ3v) is 4.19. The van der Waals surface area contributed by atoms with E-state index >= 15 is 0 Å². The molecule has 1 rings (SSSR count). The molecular weight excluding hydrogens is 252 g/mol. The number of hydrogen-bond donors (Lipinski definition) is 1. The van der Waals surface area contributed by atoms with Crippen LogP contribution in [0.4, 0.5) is 0 Å². The Hall–Kier alpha value is -0.410. The SMILES string of the molecule is CC(C)CCCC(C)NCc1nc(C(C)(C)C)cs1. The highest BCUT2D eigenvalue weighted by molar-refractivity contribution is 7.09. The molecule has 0 aromatic carbocycles. The van der Waals surface area contributed by atoms with Crippen molar-refractivity contribution in [1.29, 1.82) is 0 Å². The molecule has 0 saturated carbocycles. The Morgan fingerprint density at radius 1 is 1.21 bits per heavy atom. The summed E-state index contributed by atoms with van der Waals surface area (Å²) in [6, 6.07) is 0.584. The fourth-order valence-electron chi connectivity index (χ4n) is 1.93. The first-order valence-corrected chi connectivity index (χ1v) is 8.35. The maximum absolute atomic E-state index is 4.72. The molecule has 0 aliphatic carbocycles. The highest BCUT2D eigenvalue weighted by Crippen LogP contribution is 2.23. The average molecular weight is 282 g/mol. The second kappa shape index (κ2) is 7.39. The van der Waals surface area contributed by atoms with E-state index in [-0.39, 0.29) is 5.41 Å². The van der Waals surface area contributed by atoms with Gasteiger partial charge in [0, 0.05) is 23.4 Å². The Balaban J connectivity index is 2.30. The standard InChI is InChI=1S/C16H30N2S/c1-12(2)8-7-9-13(3)17-10-15-18-14(11-19-15)16(4,5)6/h11-13,17H,7-10H2,1-6H3. The maximum atomic E-state index is 4.72. The zero-order valence-electron chi connectivity index (χ0n) is 13.4. The number of nitrogens with zero attached hydrogens (tertiary/aromatic N) is 1. The van der Waals surface area contributed by atoms with Crippen molar-refractivity contribution in [2.45, 2.75) is 78.8 Å². The quantitative estimate of drug-likeness (QED) is 0.781. The van der Waals surface area contributed by atoms with Crippen LogP contribution in [0.5, 0.6) is 0 Å². The zero-order valence-corrected chi connectivity index (χ0v) is 14.2. The summed E-state index contributed by atoms with van der Waals surface area (Å²) in [6.07, 6.45) is 3.91. The summed E-state index contributed by atoms with van der Waals surface area (Å²) < 4.78 is 0. The van der Waals surface area contributed by atoms with Crippen molar-refractivity contribution in [3.63, 3.8) is 0 Å². The second-order valence-electron chi connectivity index (χ2n) is 6.98. The van der Waals surface area contributed by atoms with Gasteiger partial charge in [0.2, 0.25) is 0 Å². The van der Waals surface area contributed by atoms with Gasteiger partial charge in [-0.05, 0) is 19.3 Å². The number of hydrogen-bond acceptors (Lipinski definition) is 3. The van der Waals surface area contributed by atoms with Crippen molar-refractivity contribution >= 4 is 11.3 Å². The fourth-order valence-corrected chi connectivity index (χ4v) is 2.90. The number of rotatable bonds is 7. The van der Waals surface area contributed by atoms with E-state index in [1.807, 2.05) is 0 Å². The Morgan fingerprint density at radius 3 is 2.42 bits per heavy atom. The Labute approximate surface area is 123 Å². The van der Waals surface area contributed by atoms with Crippen LogP contribution in [0.3, 0.4) is 0 Å². The van der Waals surface area contributed by atoms with Crippen LogP contribution < -0.4 is 5.32 Å². The van der Waals surface area contributed by atoms with Crippen molar-refractivity contribution in [2.24, 2.45) is 5.92 Å². The molecule has 0 amide bonds. The van der Waals surface area contributed by atoms with Gasteiger partial charge in [0.15, 0.2) is 0 Å². The number of aromatic nitrogens is 1. The van der Waals surface area contributed by atoms with Gasteiger partial charge in [-0.1, -0.05) is 47.5 Å². The van der Waals surface area contributed by atoms with Gasteiger partial charge in [-0.3, -0.25) is 0 Å². The average Bonchev–Trinajstić information content (AvgIpc) is 2.74. The Morgan fingerprint density at radius 2 is 1.89 bits per heavy atom. The first kappa shape index (κ1) is 16.6. The molecule has 1 unspecified atom stereocenters. The van der Waals surface area contributed by atoms with Crippen LogP contribution in [0.15, 0.2) is 5.38 Å². The molecule has 2 nitrogen and oxygen atoms in total. The molecule has 1 aromatic heterocycles. The summed E-state index contributed by atoms with van der Waals surface area (Å²) in [7, 11) is 0. The molecule has 1 aromatic rings. The summed E-state index contributed by atoms with van der Waals surface area (Å²) in [6.45, 7) is 14.4. The number of thiazole rings is 1. The Kier molecular flexibility index (Phi) is 6.48. The highest BCUT2D eigenvalue weighted by atomic mass is 32.1. The molecule has 1 atom stereocenters. The minimum atomic E-state index is 0.164. The summed E-state index contributed by atoms with van der Waals surface area (Å²) in [5.74, 6) is 0.820. The topological polar surface area (TPSA) is 24.9 Å². The molecule has 110 valence electrons. The van der Waals surface area contributed by atoms with Gasteiger partial charge in [-0.25, -0.2) is 4.98 Å². The van der Waals surface area contributed by atoms with Gasteiger partial charge >= 0.3 is 0 Å². The summed E-state index contributed by atoms with van der Waals surface area (Å²) in [4.78, 5) is 4.72. The van der Waals surface area contributed by atoms with E-state index < -0.39 is 0 Å². The van der Waals surface area contributed by atoms with Gasteiger partial charge in [0.25, 0.3) is 0 Å². The van der Waals surface area contributed by atoms with E-state index in [0.29, 0.717) is 6.04 Å². The lowest BCUT2D eigenvalue weighted by molar-refractivity contribution is 0.456. The van der Waals surface area contributed by atoms with Gasteiger partial charge in [0.05, 0.1) is 5.69 Å². The van der Waals surface area contributed by atoms with E-state index in [0.717, 1.165) is 12.5 Å². The summed E-state index contributed by atoms with van der Waals surface area (Å²) >= 11 is 1.77. The lowest BCUT2D eigenvalue weighted by atomic mass is 9.93. The van der Waals surface area contributed by atoms with Crippen molar-refractivity contribution in [3.05, 3.63) is 16.1 Å².